The summed E-state index contributed by atoms with van der Waals surface area (Å²) >= 11 is 0. The number of fused-ring (bicyclic) bond motifs is 2. The first-order chi connectivity index (χ1) is 11.3. The van der Waals surface area contributed by atoms with Crippen LogP contribution >= 0.6 is 0 Å². The van der Waals surface area contributed by atoms with Gasteiger partial charge in [-0.25, -0.2) is 0 Å². The van der Waals surface area contributed by atoms with Gasteiger partial charge < -0.3 is 9.25 Å². The fraction of sp³-hybridized carbons (Fsp3) is 0.333. The second-order valence-corrected chi connectivity index (χ2v) is 5.86. The Balaban J connectivity index is 1.57. The maximum absolute atomic E-state index is 12.4. The van der Waals surface area contributed by atoms with E-state index in [0.717, 1.165) is 25.2 Å². The van der Waals surface area contributed by atoms with Crippen LogP contribution < -0.4 is 0 Å². The minimum Gasteiger partial charge on any atom is -0.460 e. The number of nitrogens with zero attached hydrogens (tertiary/aromatic N) is 2. The second kappa shape index (κ2) is 6.01. The number of likely N-dealkylation sites (tertiary alicyclic amines) is 1. The van der Waals surface area contributed by atoms with Crippen molar-refractivity contribution in [3.8, 4) is 0 Å². The molecule has 23 heavy (non-hydrogen) atoms. The van der Waals surface area contributed by atoms with Gasteiger partial charge in [0.2, 0.25) is 5.78 Å². The fourth-order valence-corrected chi connectivity index (χ4v) is 3.21. The normalized spacial score (nSPS) is 19.0. The molecule has 5 nitrogen and oxygen atoms in total. The number of furan rings is 1. The smallest absolute Gasteiger partial charge is 0.229 e. The lowest BCUT2D eigenvalue weighted by molar-refractivity contribution is 0.101. The molecule has 2 aliphatic rings. The summed E-state index contributed by atoms with van der Waals surface area (Å²) in [6, 6.07) is 9.20. The SMILES string of the molecule is O=C1c2ccccc2/C(=N/OCCN2CCCC2)c2ccoc21. The highest BCUT2D eigenvalue weighted by Gasteiger charge is 2.31. The van der Waals surface area contributed by atoms with Crippen LogP contribution in [-0.4, -0.2) is 42.6 Å². The molecular weight excluding hydrogens is 292 g/mol. The lowest BCUT2D eigenvalue weighted by Crippen LogP contribution is -2.24. The Morgan fingerprint density at radius 2 is 1.87 bits per heavy atom. The average molecular weight is 310 g/mol. The van der Waals surface area contributed by atoms with Crippen LogP contribution in [0.4, 0.5) is 0 Å². The van der Waals surface area contributed by atoms with Gasteiger partial charge >= 0.3 is 0 Å². The molecule has 4 rings (SSSR count). The fourth-order valence-electron chi connectivity index (χ4n) is 3.21. The Bertz CT molecular complexity index is 757. The number of benzene rings is 1. The highest BCUT2D eigenvalue weighted by Crippen LogP contribution is 2.28. The summed E-state index contributed by atoms with van der Waals surface area (Å²) in [5.74, 6) is 0.238. The van der Waals surface area contributed by atoms with Gasteiger partial charge in [0.05, 0.1) is 11.8 Å². The van der Waals surface area contributed by atoms with Crippen LogP contribution in [0, 0.1) is 0 Å². The first-order valence-electron chi connectivity index (χ1n) is 7.99. The van der Waals surface area contributed by atoms with Crippen LogP contribution in [0.1, 0.15) is 40.1 Å². The summed E-state index contributed by atoms with van der Waals surface area (Å²) < 4.78 is 5.35. The van der Waals surface area contributed by atoms with E-state index in [1.165, 1.54) is 19.1 Å². The molecule has 118 valence electrons. The molecule has 1 aliphatic heterocycles. The third-order valence-corrected chi connectivity index (χ3v) is 4.41. The Labute approximate surface area is 134 Å². The number of ketones is 1. The molecule has 0 spiro atoms. The lowest BCUT2D eigenvalue weighted by atomic mass is 9.88. The minimum atomic E-state index is -0.100. The van der Waals surface area contributed by atoms with Gasteiger partial charge in [0, 0.05) is 17.7 Å². The number of oxime groups is 1. The standard InChI is InChI=1S/C18H18N2O3/c21-17-14-6-2-1-5-13(14)16(15-7-11-22-18(15)17)19-23-12-10-20-8-3-4-9-20/h1-2,5-7,11H,3-4,8-10,12H2/b19-16-. The number of carbonyl (C=O) groups is 1. The van der Waals surface area contributed by atoms with Gasteiger partial charge in [0.25, 0.3) is 0 Å². The summed E-state index contributed by atoms with van der Waals surface area (Å²) in [5.41, 5.74) is 2.78. The molecule has 2 heterocycles. The summed E-state index contributed by atoms with van der Waals surface area (Å²) in [4.78, 5) is 20.3. The zero-order valence-corrected chi connectivity index (χ0v) is 12.8. The number of rotatable bonds is 4. The summed E-state index contributed by atoms with van der Waals surface area (Å²) in [7, 11) is 0. The highest BCUT2D eigenvalue weighted by atomic mass is 16.6. The largest absolute Gasteiger partial charge is 0.460 e. The zero-order valence-electron chi connectivity index (χ0n) is 12.8. The predicted molar refractivity (Wildman–Crippen MR) is 85.8 cm³/mol. The van der Waals surface area contributed by atoms with E-state index in [1.807, 2.05) is 18.2 Å². The highest BCUT2D eigenvalue weighted by molar-refractivity contribution is 6.28. The third-order valence-electron chi connectivity index (χ3n) is 4.41. The van der Waals surface area contributed by atoms with Gasteiger partial charge in [-0.05, 0) is 32.0 Å². The molecule has 0 unspecified atom stereocenters. The molecule has 0 atom stereocenters. The summed E-state index contributed by atoms with van der Waals surface area (Å²) in [5, 5.41) is 4.31. The van der Waals surface area contributed by atoms with Crippen molar-refractivity contribution in [2.75, 3.05) is 26.2 Å². The van der Waals surface area contributed by atoms with E-state index < -0.39 is 0 Å². The van der Waals surface area contributed by atoms with E-state index >= 15 is 0 Å². The van der Waals surface area contributed by atoms with Crippen LogP contribution in [0.25, 0.3) is 0 Å². The van der Waals surface area contributed by atoms with Gasteiger partial charge in [-0.15, -0.1) is 0 Å². The molecule has 0 saturated carbocycles. The van der Waals surface area contributed by atoms with E-state index in [-0.39, 0.29) is 5.78 Å². The number of hydrogen-bond donors (Lipinski definition) is 0. The van der Waals surface area contributed by atoms with Crippen LogP contribution in [0.2, 0.25) is 0 Å². The predicted octanol–water partition coefficient (Wildman–Crippen LogP) is 2.69. The van der Waals surface area contributed by atoms with Crippen molar-refractivity contribution in [1.82, 2.24) is 4.90 Å². The quantitative estimate of drug-likeness (QED) is 0.549. The van der Waals surface area contributed by atoms with Gasteiger partial charge in [-0.1, -0.05) is 29.4 Å². The maximum atomic E-state index is 12.4. The van der Waals surface area contributed by atoms with Crippen LogP contribution in [0.5, 0.6) is 0 Å². The van der Waals surface area contributed by atoms with Gasteiger partial charge in [0.1, 0.15) is 12.3 Å². The molecule has 2 aromatic rings. The monoisotopic (exact) mass is 310 g/mol. The maximum Gasteiger partial charge on any atom is 0.229 e. The molecule has 0 amide bonds. The van der Waals surface area contributed by atoms with Crippen LogP contribution in [0.15, 0.2) is 46.2 Å². The Kier molecular flexibility index (Phi) is 3.71. The zero-order chi connectivity index (χ0) is 15.6. The van der Waals surface area contributed by atoms with E-state index in [4.69, 9.17) is 9.25 Å². The van der Waals surface area contributed by atoms with Crippen molar-refractivity contribution in [2.45, 2.75) is 12.8 Å². The first kappa shape index (κ1) is 14.2. The van der Waals surface area contributed by atoms with Crippen LogP contribution in [0.3, 0.4) is 0 Å². The van der Waals surface area contributed by atoms with E-state index in [0.29, 0.717) is 29.2 Å². The average Bonchev–Trinajstić information content (AvgIpc) is 3.26. The Hall–Kier alpha value is -2.40. The first-order valence-corrected chi connectivity index (χ1v) is 7.99. The molecule has 0 radical (unpaired) electrons. The van der Waals surface area contributed by atoms with E-state index in [1.54, 1.807) is 12.1 Å². The topological polar surface area (TPSA) is 55.0 Å². The van der Waals surface area contributed by atoms with E-state index in [2.05, 4.69) is 10.1 Å². The van der Waals surface area contributed by atoms with Crippen molar-refractivity contribution in [2.24, 2.45) is 5.16 Å². The molecule has 1 aromatic carbocycles. The second-order valence-electron chi connectivity index (χ2n) is 5.86. The Morgan fingerprint density at radius 1 is 1.09 bits per heavy atom. The number of carbonyl (C=O) groups excluding carboxylic acids is 1. The molecule has 0 N–H and O–H groups in total. The van der Waals surface area contributed by atoms with Crippen molar-refractivity contribution in [3.63, 3.8) is 0 Å². The molecular formula is C18H18N2O3. The van der Waals surface area contributed by atoms with E-state index in [9.17, 15) is 4.79 Å². The molecule has 1 aliphatic carbocycles. The van der Waals surface area contributed by atoms with Crippen LogP contribution in [-0.2, 0) is 4.84 Å². The molecule has 1 saturated heterocycles. The van der Waals surface area contributed by atoms with Crippen molar-refractivity contribution < 1.29 is 14.0 Å². The van der Waals surface area contributed by atoms with Gasteiger partial charge in [0.15, 0.2) is 5.76 Å². The third kappa shape index (κ3) is 2.57. The minimum absolute atomic E-state index is 0.100. The lowest BCUT2D eigenvalue weighted by Gasteiger charge is -2.16. The van der Waals surface area contributed by atoms with Crippen molar-refractivity contribution in [1.29, 1.82) is 0 Å². The molecule has 5 heteroatoms. The van der Waals surface area contributed by atoms with Crippen molar-refractivity contribution in [3.05, 3.63) is 59.0 Å². The molecule has 1 aromatic heterocycles. The summed E-state index contributed by atoms with van der Waals surface area (Å²) in [6.45, 7) is 3.72. The van der Waals surface area contributed by atoms with Gasteiger partial charge in [-0.2, -0.15) is 0 Å². The molecule has 1 fully saturated rings. The Morgan fingerprint density at radius 3 is 2.70 bits per heavy atom. The molecule has 0 bridgehead atoms. The van der Waals surface area contributed by atoms with Gasteiger partial charge in [-0.3, -0.25) is 9.69 Å². The number of hydrogen-bond acceptors (Lipinski definition) is 5. The van der Waals surface area contributed by atoms with Crippen molar-refractivity contribution >= 4 is 11.5 Å². The summed E-state index contributed by atoms with van der Waals surface area (Å²) in [6.07, 6.45) is 4.05.